The van der Waals surface area contributed by atoms with Gasteiger partial charge in [0.05, 0.1) is 6.10 Å². The SMILES string of the molecule is CCC(O)CCNC(=O)C(C)NC(=O)c1ccc(C(C)(C)C)cc1. The van der Waals surface area contributed by atoms with Gasteiger partial charge in [0.25, 0.3) is 5.91 Å². The van der Waals surface area contributed by atoms with Crippen molar-refractivity contribution in [2.24, 2.45) is 0 Å². The molecule has 0 bridgehead atoms. The van der Waals surface area contributed by atoms with Crippen LogP contribution in [0.5, 0.6) is 0 Å². The fourth-order valence-electron chi connectivity index (χ4n) is 2.19. The zero-order valence-corrected chi connectivity index (χ0v) is 15.3. The Labute approximate surface area is 144 Å². The zero-order valence-electron chi connectivity index (χ0n) is 15.3. The van der Waals surface area contributed by atoms with E-state index in [0.29, 0.717) is 24.9 Å². The molecule has 0 saturated heterocycles. The zero-order chi connectivity index (χ0) is 18.3. The van der Waals surface area contributed by atoms with Crippen LogP contribution in [0, 0.1) is 0 Å². The molecule has 2 amide bonds. The van der Waals surface area contributed by atoms with E-state index >= 15 is 0 Å². The fourth-order valence-corrected chi connectivity index (χ4v) is 2.19. The van der Waals surface area contributed by atoms with Crippen LogP contribution in [0.4, 0.5) is 0 Å². The number of carbonyl (C=O) groups excluding carboxylic acids is 2. The largest absolute Gasteiger partial charge is 0.393 e. The second-order valence-electron chi connectivity index (χ2n) is 7.16. The van der Waals surface area contributed by atoms with E-state index in [2.05, 4.69) is 31.4 Å². The normalized spacial score (nSPS) is 13.9. The minimum Gasteiger partial charge on any atom is -0.393 e. The van der Waals surface area contributed by atoms with E-state index in [4.69, 9.17) is 0 Å². The van der Waals surface area contributed by atoms with Crippen molar-refractivity contribution in [2.45, 2.75) is 65.0 Å². The van der Waals surface area contributed by atoms with Crippen LogP contribution in [0.2, 0.25) is 0 Å². The van der Waals surface area contributed by atoms with Crippen LogP contribution in [0.1, 0.15) is 63.4 Å². The molecule has 1 aromatic rings. The number of rotatable bonds is 7. The number of carbonyl (C=O) groups is 2. The van der Waals surface area contributed by atoms with Crippen molar-refractivity contribution in [2.75, 3.05) is 6.54 Å². The van der Waals surface area contributed by atoms with E-state index in [-0.39, 0.29) is 17.2 Å². The highest BCUT2D eigenvalue weighted by Gasteiger charge is 2.18. The van der Waals surface area contributed by atoms with Crippen LogP contribution in [-0.2, 0) is 10.2 Å². The molecular weight excluding hydrogens is 304 g/mol. The summed E-state index contributed by atoms with van der Waals surface area (Å²) in [6, 6.07) is 6.80. The Kier molecular flexibility index (Phi) is 7.42. The standard InChI is InChI=1S/C19H30N2O3/c1-6-16(22)11-12-20-17(23)13(2)21-18(24)14-7-9-15(10-8-14)19(3,4)5/h7-10,13,16,22H,6,11-12H2,1-5H3,(H,20,23)(H,21,24). The van der Waals surface area contributed by atoms with Crippen LogP contribution >= 0.6 is 0 Å². The van der Waals surface area contributed by atoms with Gasteiger partial charge in [-0.2, -0.15) is 0 Å². The van der Waals surface area contributed by atoms with Crippen LogP contribution in [0.15, 0.2) is 24.3 Å². The smallest absolute Gasteiger partial charge is 0.251 e. The average molecular weight is 334 g/mol. The van der Waals surface area contributed by atoms with Crippen molar-refractivity contribution in [1.29, 1.82) is 0 Å². The summed E-state index contributed by atoms with van der Waals surface area (Å²) in [5.74, 6) is -0.523. The lowest BCUT2D eigenvalue weighted by atomic mass is 9.86. The summed E-state index contributed by atoms with van der Waals surface area (Å²) >= 11 is 0. The van der Waals surface area contributed by atoms with Crippen LogP contribution in [0.3, 0.4) is 0 Å². The van der Waals surface area contributed by atoms with Gasteiger partial charge >= 0.3 is 0 Å². The van der Waals surface area contributed by atoms with E-state index in [9.17, 15) is 14.7 Å². The highest BCUT2D eigenvalue weighted by atomic mass is 16.3. The van der Waals surface area contributed by atoms with Crippen molar-refractivity contribution in [3.05, 3.63) is 35.4 Å². The average Bonchev–Trinajstić information content (AvgIpc) is 2.53. The van der Waals surface area contributed by atoms with Crippen molar-refractivity contribution < 1.29 is 14.7 Å². The highest BCUT2D eigenvalue weighted by molar-refractivity contribution is 5.97. The quantitative estimate of drug-likeness (QED) is 0.716. The van der Waals surface area contributed by atoms with Gasteiger partial charge in [0, 0.05) is 12.1 Å². The molecule has 1 aromatic carbocycles. The van der Waals surface area contributed by atoms with Crippen LogP contribution in [0.25, 0.3) is 0 Å². The first-order valence-corrected chi connectivity index (χ1v) is 8.52. The number of hydrogen-bond donors (Lipinski definition) is 3. The number of hydrogen-bond acceptors (Lipinski definition) is 3. The first kappa shape index (κ1) is 20.2. The predicted molar refractivity (Wildman–Crippen MR) is 96.0 cm³/mol. The maximum Gasteiger partial charge on any atom is 0.251 e. The fraction of sp³-hybridized carbons (Fsp3) is 0.579. The van der Waals surface area contributed by atoms with E-state index in [0.717, 1.165) is 5.56 Å². The summed E-state index contributed by atoms with van der Waals surface area (Å²) in [5, 5.41) is 14.9. The third-order valence-corrected chi connectivity index (χ3v) is 4.00. The van der Waals surface area contributed by atoms with Crippen molar-refractivity contribution in [1.82, 2.24) is 10.6 Å². The summed E-state index contributed by atoms with van der Waals surface area (Å²) < 4.78 is 0. The molecule has 24 heavy (non-hydrogen) atoms. The Hall–Kier alpha value is -1.88. The first-order chi connectivity index (χ1) is 11.1. The molecule has 0 aliphatic carbocycles. The van der Waals surface area contributed by atoms with Gasteiger partial charge in [-0.05, 0) is 42.9 Å². The summed E-state index contributed by atoms with van der Waals surface area (Å²) in [7, 11) is 0. The van der Waals surface area contributed by atoms with Crippen LogP contribution < -0.4 is 10.6 Å². The number of nitrogens with one attached hydrogen (secondary N) is 2. The summed E-state index contributed by atoms with van der Waals surface area (Å²) in [6.07, 6.45) is 0.765. The Morgan fingerprint density at radius 2 is 1.75 bits per heavy atom. The van der Waals surface area contributed by atoms with E-state index in [1.807, 2.05) is 19.1 Å². The maximum absolute atomic E-state index is 12.2. The van der Waals surface area contributed by atoms with Crippen molar-refractivity contribution in [3.8, 4) is 0 Å². The number of aliphatic hydroxyl groups is 1. The summed E-state index contributed by atoms with van der Waals surface area (Å²) in [5.41, 5.74) is 1.72. The first-order valence-electron chi connectivity index (χ1n) is 8.52. The Bertz CT molecular complexity index is 547. The van der Waals surface area contributed by atoms with Crippen LogP contribution in [-0.4, -0.2) is 35.6 Å². The summed E-state index contributed by atoms with van der Waals surface area (Å²) in [6.45, 7) is 10.3. The lowest BCUT2D eigenvalue weighted by molar-refractivity contribution is -0.122. The molecule has 0 radical (unpaired) electrons. The van der Waals surface area contributed by atoms with Gasteiger partial charge in [0.2, 0.25) is 5.91 Å². The molecule has 0 heterocycles. The van der Waals surface area contributed by atoms with Gasteiger partial charge in [-0.3, -0.25) is 9.59 Å². The van der Waals surface area contributed by atoms with E-state index in [1.54, 1.807) is 19.1 Å². The van der Waals surface area contributed by atoms with Gasteiger partial charge in [0.1, 0.15) is 6.04 Å². The molecule has 2 unspecified atom stereocenters. The minimum atomic E-state index is -0.626. The molecule has 5 nitrogen and oxygen atoms in total. The third-order valence-electron chi connectivity index (χ3n) is 4.00. The molecule has 0 aliphatic heterocycles. The summed E-state index contributed by atoms with van der Waals surface area (Å²) in [4.78, 5) is 24.2. The van der Waals surface area contributed by atoms with Gasteiger partial charge in [-0.25, -0.2) is 0 Å². The molecule has 0 saturated carbocycles. The molecule has 0 spiro atoms. The Morgan fingerprint density at radius 1 is 1.17 bits per heavy atom. The molecular formula is C19H30N2O3. The Morgan fingerprint density at radius 3 is 2.25 bits per heavy atom. The Balaban J connectivity index is 2.52. The maximum atomic E-state index is 12.2. The number of amides is 2. The molecule has 5 heteroatoms. The molecule has 2 atom stereocenters. The molecule has 1 rings (SSSR count). The van der Waals surface area contributed by atoms with Crippen molar-refractivity contribution >= 4 is 11.8 Å². The van der Waals surface area contributed by atoms with Gasteiger partial charge in [-0.15, -0.1) is 0 Å². The molecule has 134 valence electrons. The minimum absolute atomic E-state index is 0.0330. The molecule has 0 aliphatic rings. The van der Waals surface area contributed by atoms with E-state index < -0.39 is 12.1 Å². The van der Waals surface area contributed by atoms with Gasteiger partial charge in [-0.1, -0.05) is 39.8 Å². The van der Waals surface area contributed by atoms with Gasteiger partial charge < -0.3 is 15.7 Å². The second-order valence-corrected chi connectivity index (χ2v) is 7.16. The lowest BCUT2D eigenvalue weighted by Gasteiger charge is -2.19. The highest BCUT2D eigenvalue weighted by Crippen LogP contribution is 2.22. The molecule has 0 fully saturated rings. The topological polar surface area (TPSA) is 78.4 Å². The number of aliphatic hydroxyl groups excluding tert-OH is 1. The monoisotopic (exact) mass is 334 g/mol. The third kappa shape index (κ3) is 6.32. The molecule has 0 aromatic heterocycles. The number of benzene rings is 1. The lowest BCUT2D eigenvalue weighted by Crippen LogP contribution is -2.45. The van der Waals surface area contributed by atoms with Crippen molar-refractivity contribution in [3.63, 3.8) is 0 Å². The van der Waals surface area contributed by atoms with E-state index in [1.165, 1.54) is 0 Å². The second kappa shape index (κ2) is 8.83. The molecule has 3 N–H and O–H groups in total. The predicted octanol–water partition coefficient (Wildman–Crippen LogP) is 2.38. The van der Waals surface area contributed by atoms with Gasteiger partial charge in [0.15, 0.2) is 0 Å².